The van der Waals surface area contributed by atoms with Gasteiger partial charge in [0.15, 0.2) is 0 Å². The third-order valence-electron chi connectivity index (χ3n) is 5.22. The molecule has 2 saturated heterocycles. The maximum atomic E-state index is 12.9. The fourth-order valence-corrected chi connectivity index (χ4v) is 5.64. The van der Waals surface area contributed by atoms with Gasteiger partial charge < -0.3 is 10.0 Å². The Hall–Kier alpha value is -0.910. The van der Waals surface area contributed by atoms with Crippen molar-refractivity contribution < 1.29 is 14.7 Å². The van der Waals surface area contributed by atoms with Crippen molar-refractivity contribution in [3.8, 4) is 0 Å². The van der Waals surface area contributed by atoms with E-state index >= 15 is 0 Å². The van der Waals surface area contributed by atoms with Gasteiger partial charge in [-0.3, -0.25) is 4.90 Å². The molecule has 1 N–H and O–H groups in total. The number of carboxylic acids is 1. The largest absolute Gasteiger partial charge is 0.480 e. The Labute approximate surface area is 122 Å². The third kappa shape index (κ3) is 1.91. The van der Waals surface area contributed by atoms with Crippen molar-refractivity contribution in [1.29, 1.82) is 0 Å². The van der Waals surface area contributed by atoms with Crippen LogP contribution in [-0.4, -0.2) is 56.7 Å². The summed E-state index contributed by atoms with van der Waals surface area (Å²) in [6, 6.07) is -0.267. The van der Waals surface area contributed by atoms with E-state index < -0.39 is 12.0 Å². The number of likely N-dealkylation sites (tertiary alicyclic amines) is 1. The van der Waals surface area contributed by atoms with Crippen LogP contribution in [0.3, 0.4) is 0 Å². The second kappa shape index (κ2) is 4.55. The Kier molecular flexibility index (Phi) is 2.91. The molecule has 20 heavy (non-hydrogen) atoms. The van der Waals surface area contributed by atoms with Gasteiger partial charge >= 0.3 is 12.0 Å². The number of thioether (sulfide) groups is 1. The predicted octanol–water partition coefficient (Wildman–Crippen LogP) is 1.83. The highest BCUT2D eigenvalue weighted by atomic mass is 32.2. The first-order valence-corrected chi connectivity index (χ1v) is 8.63. The van der Waals surface area contributed by atoms with Gasteiger partial charge in [0.2, 0.25) is 0 Å². The van der Waals surface area contributed by atoms with E-state index in [0.29, 0.717) is 23.6 Å². The van der Waals surface area contributed by atoms with Crippen LogP contribution in [0.15, 0.2) is 0 Å². The summed E-state index contributed by atoms with van der Waals surface area (Å²) in [6.45, 7) is 0.842. The summed E-state index contributed by atoms with van der Waals surface area (Å²) in [5.74, 6) is 0.873. The lowest BCUT2D eigenvalue weighted by atomic mass is 10.1. The molecule has 2 bridgehead atoms. The van der Waals surface area contributed by atoms with Crippen LogP contribution in [0.1, 0.15) is 32.1 Å². The average molecular weight is 296 g/mol. The van der Waals surface area contributed by atoms with Crippen molar-refractivity contribution in [2.75, 3.05) is 12.3 Å². The number of fused-ring (bicyclic) bond motifs is 2. The van der Waals surface area contributed by atoms with Gasteiger partial charge in [0, 0.05) is 18.3 Å². The highest BCUT2D eigenvalue weighted by Gasteiger charge is 2.51. The number of rotatable bonds is 2. The first-order valence-electron chi connectivity index (χ1n) is 7.58. The number of aliphatic carboxylic acids is 1. The topological polar surface area (TPSA) is 60.9 Å². The fraction of sp³-hybridized carbons (Fsp3) is 0.857. The highest BCUT2D eigenvalue weighted by molar-refractivity contribution is 8.00. The molecule has 2 aliphatic carbocycles. The number of carbonyl (C=O) groups is 2. The Morgan fingerprint density at radius 1 is 1.15 bits per heavy atom. The molecule has 5 nitrogen and oxygen atoms in total. The molecule has 4 aliphatic rings. The monoisotopic (exact) mass is 296 g/mol. The number of piperidine rings is 1. The summed E-state index contributed by atoms with van der Waals surface area (Å²) in [5.41, 5.74) is 0. The number of amides is 2. The van der Waals surface area contributed by atoms with E-state index in [1.165, 1.54) is 6.42 Å². The molecule has 4 atom stereocenters. The molecular weight excluding hydrogens is 276 g/mol. The van der Waals surface area contributed by atoms with E-state index in [1.807, 2.05) is 4.90 Å². The van der Waals surface area contributed by atoms with E-state index in [2.05, 4.69) is 0 Å². The Morgan fingerprint density at radius 2 is 1.95 bits per heavy atom. The number of hydrogen-bond donors (Lipinski definition) is 1. The van der Waals surface area contributed by atoms with Crippen molar-refractivity contribution in [3.63, 3.8) is 0 Å². The number of hydrogen-bond acceptors (Lipinski definition) is 3. The lowest BCUT2D eigenvalue weighted by molar-refractivity contribution is -0.141. The van der Waals surface area contributed by atoms with Crippen molar-refractivity contribution in [2.45, 2.75) is 49.6 Å². The molecule has 0 aromatic carbocycles. The lowest BCUT2D eigenvalue weighted by Gasteiger charge is -2.35. The molecule has 110 valence electrons. The van der Waals surface area contributed by atoms with E-state index in [4.69, 9.17) is 0 Å². The van der Waals surface area contributed by atoms with Crippen molar-refractivity contribution in [3.05, 3.63) is 0 Å². The zero-order valence-corrected chi connectivity index (χ0v) is 12.2. The minimum Gasteiger partial charge on any atom is -0.480 e. The van der Waals surface area contributed by atoms with Crippen LogP contribution in [0.5, 0.6) is 0 Å². The van der Waals surface area contributed by atoms with Crippen LogP contribution in [0.25, 0.3) is 0 Å². The van der Waals surface area contributed by atoms with Gasteiger partial charge in [-0.1, -0.05) is 0 Å². The molecular formula is C14H20N2O3S. The van der Waals surface area contributed by atoms with Gasteiger partial charge in [0.05, 0.1) is 5.37 Å². The summed E-state index contributed by atoms with van der Waals surface area (Å²) in [6.07, 6.45) is 5.74. The SMILES string of the molecule is O=C(O)C1CSC(C2CC2)N1C(=O)N1CC2CCC1C2. The minimum atomic E-state index is -0.849. The zero-order valence-electron chi connectivity index (χ0n) is 11.4. The van der Waals surface area contributed by atoms with E-state index in [-0.39, 0.29) is 11.4 Å². The van der Waals surface area contributed by atoms with Gasteiger partial charge in [0.25, 0.3) is 0 Å². The Morgan fingerprint density at radius 3 is 2.50 bits per heavy atom. The lowest BCUT2D eigenvalue weighted by Crippen LogP contribution is -2.53. The van der Waals surface area contributed by atoms with E-state index in [0.717, 1.165) is 32.2 Å². The predicted molar refractivity (Wildman–Crippen MR) is 75.5 cm³/mol. The van der Waals surface area contributed by atoms with Gasteiger partial charge in [-0.05, 0) is 43.9 Å². The van der Waals surface area contributed by atoms with Crippen LogP contribution in [0, 0.1) is 11.8 Å². The fourth-order valence-electron chi connectivity index (χ4n) is 4.01. The molecule has 2 amide bonds. The maximum absolute atomic E-state index is 12.9. The minimum absolute atomic E-state index is 0.00787. The van der Waals surface area contributed by atoms with Crippen LogP contribution < -0.4 is 0 Å². The highest BCUT2D eigenvalue weighted by Crippen LogP contribution is 2.47. The molecule has 2 aliphatic heterocycles. The molecule has 0 radical (unpaired) electrons. The second-order valence-electron chi connectivity index (χ2n) is 6.59. The molecule has 4 rings (SSSR count). The van der Waals surface area contributed by atoms with Crippen molar-refractivity contribution >= 4 is 23.8 Å². The summed E-state index contributed by atoms with van der Waals surface area (Å²) in [5, 5.41) is 9.50. The number of nitrogens with zero attached hydrogens (tertiary/aromatic N) is 2. The van der Waals surface area contributed by atoms with Crippen molar-refractivity contribution in [2.24, 2.45) is 11.8 Å². The Balaban J connectivity index is 1.56. The van der Waals surface area contributed by atoms with Crippen molar-refractivity contribution in [1.82, 2.24) is 9.80 Å². The van der Waals surface area contributed by atoms with E-state index in [1.54, 1.807) is 16.7 Å². The Bertz CT molecular complexity index is 454. The van der Waals surface area contributed by atoms with Crippen LogP contribution in [0.4, 0.5) is 4.79 Å². The maximum Gasteiger partial charge on any atom is 0.327 e. The smallest absolute Gasteiger partial charge is 0.327 e. The number of urea groups is 1. The molecule has 0 aromatic rings. The summed E-state index contributed by atoms with van der Waals surface area (Å²) in [4.78, 5) is 28.0. The molecule has 2 heterocycles. The van der Waals surface area contributed by atoms with Gasteiger partial charge in [-0.2, -0.15) is 0 Å². The summed E-state index contributed by atoms with van der Waals surface area (Å²) in [7, 11) is 0. The first-order chi connectivity index (χ1) is 9.65. The molecule has 4 unspecified atom stereocenters. The zero-order chi connectivity index (χ0) is 13.9. The first kappa shape index (κ1) is 12.8. The van der Waals surface area contributed by atoms with Crippen LogP contribution >= 0.6 is 11.8 Å². The van der Waals surface area contributed by atoms with Gasteiger partial charge in [-0.15, -0.1) is 11.8 Å². The van der Waals surface area contributed by atoms with Crippen LogP contribution in [0.2, 0.25) is 0 Å². The average Bonchev–Trinajstić information content (AvgIpc) is 2.91. The normalized spacial score (nSPS) is 39.6. The second-order valence-corrected chi connectivity index (χ2v) is 7.74. The molecule has 0 aromatic heterocycles. The molecule has 0 spiro atoms. The summed E-state index contributed by atoms with van der Waals surface area (Å²) < 4.78 is 0. The molecule has 6 heteroatoms. The van der Waals surface area contributed by atoms with Gasteiger partial charge in [0.1, 0.15) is 6.04 Å². The van der Waals surface area contributed by atoms with Gasteiger partial charge in [-0.25, -0.2) is 9.59 Å². The third-order valence-corrected chi connectivity index (χ3v) is 6.68. The van der Waals surface area contributed by atoms with E-state index in [9.17, 15) is 14.7 Å². The van der Waals surface area contributed by atoms with Crippen LogP contribution in [-0.2, 0) is 4.79 Å². The molecule has 4 fully saturated rings. The molecule has 2 saturated carbocycles. The number of carboxylic acid groups (broad SMARTS) is 1. The standard InChI is InChI=1S/C14H20N2O3S/c17-13(18)11-7-20-12(9-2-3-9)16(11)14(19)15-6-8-1-4-10(15)5-8/h8-12H,1-7H2,(H,17,18). The summed E-state index contributed by atoms with van der Waals surface area (Å²) >= 11 is 1.66. The quantitative estimate of drug-likeness (QED) is 0.844. The number of carbonyl (C=O) groups excluding carboxylic acids is 1.